The van der Waals surface area contributed by atoms with Crippen LogP contribution in [0.25, 0.3) is 11.4 Å². The Bertz CT molecular complexity index is 1130. The predicted octanol–water partition coefficient (Wildman–Crippen LogP) is 3.20. The van der Waals surface area contributed by atoms with Gasteiger partial charge in [0.25, 0.3) is 0 Å². The van der Waals surface area contributed by atoms with Crippen molar-refractivity contribution in [1.82, 2.24) is 19.8 Å². The second-order valence-corrected chi connectivity index (χ2v) is 8.95. The minimum absolute atomic E-state index is 0.0610. The third-order valence-corrected chi connectivity index (χ3v) is 6.19. The molecule has 3 N–H and O–H groups in total. The number of thioether (sulfide) groups is 1. The van der Waals surface area contributed by atoms with Crippen LogP contribution in [0.4, 0.5) is 5.69 Å². The second kappa shape index (κ2) is 11.6. The Morgan fingerprint density at radius 2 is 1.85 bits per heavy atom. The van der Waals surface area contributed by atoms with Gasteiger partial charge in [-0.1, -0.05) is 36.9 Å². The molecule has 0 saturated heterocycles. The van der Waals surface area contributed by atoms with E-state index < -0.39 is 5.25 Å². The van der Waals surface area contributed by atoms with Crippen molar-refractivity contribution >= 4 is 29.3 Å². The van der Waals surface area contributed by atoms with Crippen LogP contribution in [-0.2, 0) is 16.0 Å². The van der Waals surface area contributed by atoms with E-state index in [1.54, 1.807) is 14.0 Å². The first-order valence-corrected chi connectivity index (χ1v) is 11.9. The average Bonchev–Trinajstić information content (AvgIpc) is 3.19. The van der Waals surface area contributed by atoms with Crippen molar-refractivity contribution in [3.05, 3.63) is 54.1 Å². The summed E-state index contributed by atoms with van der Waals surface area (Å²) in [4.78, 5) is 26.7. The quantitative estimate of drug-likeness (QED) is 0.337. The van der Waals surface area contributed by atoms with Gasteiger partial charge < -0.3 is 20.8 Å². The van der Waals surface area contributed by atoms with Gasteiger partial charge in [0.05, 0.1) is 18.4 Å². The number of carbonyl (C=O) groups is 2. The highest BCUT2D eigenvalue weighted by molar-refractivity contribution is 8.00. The minimum Gasteiger partial charge on any atom is -0.494 e. The minimum atomic E-state index is -0.514. The maximum atomic E-state index is 12.9. The van der Waals surface area contributed by atoms with Crippen molar-refractivity contribution in [2.24, 2.45) is 0 Å². The normalized spacial score (nSPS) is 11.6. The molecule has 10 heteroatoms. The van der Waals surface area contributed by atoms with Gasteiger partial charge in [0.1, 0.15) is 5.75 Å². The maximum Gasteiger partial charge on any atom is 0.243 e. The van der Waals surface area contributed by atoms with Crippen LogP contribution < -0.4 is 15.9 Å². The van der Waals surface area contributed by atoms with Crippen LogP contribution in [0.3, 0.4) is 0 Å². The summed E-state index contributed by atoms with van der Waals surface area (Å²) in [7, 11) is 1.60. The van der Waals surface area contributed by atoms with Crippen molar-refractivity contribution in [2.45, 2.75) is 37.6 Å². The zero-order valence-corrected chi connectivity index (χ0v) is 20.6. The monoisotopic (exact) mass is 482 g/mol. The number of rotatable bonds is 10. The van der Waals surface area contributed by atoms with E-state index in [1.807, 2.05) is 62.4 Å². The van der Waals surface area contributed by atoms with E-state index in [0.717, 1.165) is 29.0 Å². The average molecular weight is 483 g/mol. The third-order valence-electron chi connectivity index (χ3n) is 5.15. The van der Waals surface area contributed by atoms with Crippen LogP contribution in [-0.4, -0.2) is 57.0 Å². The number of aryl methyl sites for hydroxylation is 1. The lowest BCUT2D eigenvalue weighted by atomic mass is 10.1. The van der Waals surface area contributed by atoms with Gasteiger partial charge in [-0.05, 0) is 56.2 Å². The molecule has 9 nitrogen and oxygen atoms in total. The molecule has 1 atom stereocenters. The van der Waals surface area contributed by atoms with Gasteiger partial charge in [0, 0.05) is 18.3 Å². The van der Waals surface area contributed by atoms with E-state index in [-0.39, 0.29) is 18.4 Å². The molecular formula is C24H30N6O3S. The number of hydrogen-bond acceptors (Lipinski definition) is 7. The molecule has 1 unspecified atom stereocenters. The Balaban J connectivity index is 1.60. The maximum absolute atomic E-state index is 12.9. The van der Waals surface area contributed by atoms with Gasteiger partial charge in [0.2, 0.25) is 17.0 Å². The number of nitrogen functional groups attached to an aromatic ring is 1. The number of benzene rings is 2. The Labute approximate surface area is 203 Å². The van der Waals surface area contributed by atoms with E-state index in [9.17, 15) is 9.59 Å². The molecule has 0 saturated carbocycles. The molecule has 0 spiro atoms. The third kappa shape index (κ3) is 6.07. The fraction of sp³-hybridized carbons (Fsp3) is 0.333. The first-order valence-electron chi connectivity index (χ1n) is 11.1. The van der Waals surface area contributed by atoms with Crippen LogP contribution in [0.5, 0.6) is 5.75 Å². The molecule has 2 amide bonds. The van der Waals surface area contributed by atoms with Gasteiger partial charge in [-0.3, -0.25) is 9.59 Å². The van der Waals surface area contributed by atoms with Crippen molar-refractivity contribution in [2.75, 3.05) is 31.4 Å². The number of para-hydroxylation sites is 1. The number of nitrogens with two attached hydrogens (primary N) is 1. The Hall–Kier alpha value is -3.53. The number of likely N-dealkylation sites (N-methyl/N-ethyl adjacent to an activating group) is 1. The molecule has 0 aliphatic heterocycles. The zero-order chi connectivity index (χ0) is 24.7. The molecule has 0 aliphatic carbocycles. The molecule has 3 aromatic rings. The van der Waals surface area contributed by atoms with Crippen molar-refractivity contribution in [1.29, 1.82) is 0 Å². The highest BCUT2D eigenvalue weighted by atomic mass is 32.2. The first kappa shape index (κ1) is 25.1. The van der Waals surface area contributed by atoms with Crippen molar-refractivity contribution in [3.8, 4) is 17.1 Å². The summed E-state index contributed by atoms with van der Waals surface area (Å²) in [5, 5.41) is 11.1. The summed E-state index contributed by atoms with van der Waals surface area (Å²) in [6.07, 6.45) is 0.803. The Kier molecular flexibility index (Phi) is 8.53. The molecule has 1 aromatic heterocycles. The predicted molar refractivity (Wildman–Crippen MR) is 134 cm³/mol. The van der Waals surface area contributed by atoms with Crippen molar-refractivity contribution < 1.29 is 14.3 Å². The molecule has 34 heavy (non-hydrogen) atoms. The molecule has 1 heterocycles. The number of carbonyl (C=O) groups excluding carboxylic acids is 2. The SMILES string of the molecule is CCOc1ccc(-c2nnc(SC(C)C(=O)N(C)CC(=O)Nc3ccccc3CC)n2N)cc1. The molecule has 2 aromatic carbocycles. The number of nitrogens with one attached hydrogen (secondary N) is 1. The topological polar surface area (TPSA) is 115 Å². The zero-order valence-electron chi connectivity index (χ0n) is 19.8. The summed E-state index contributed by atoms with van der Waals surface area (Å²) in [5.74, 6) is 6.97. The molecule has 0 radical (unpaired) electrons. The number of nitrogens with zero attached hydrogens (tertiary/aromatic N) is 4. The molecule has 0 bridgehead atoms. The van der Waals surface area contributed by atoms with Crippen LogP contribution in [0, 0.1) is 0 Å². The molecular weight excluding hydrogens is 452 g/mol. The Morgan fingerprint density at radius 1 is 1.15 bits per heavy atom. The van der Waals surface area contributed by atoms with Crippen LogP contribution >= 0.6 is 11.8 Å². The Morgan fingerprint density at radius 3 is 2.53 bits per heavy atom. The number of hydrogen-bond donors (Lipinski definition) is 2. The lowest BCUT2D eigenvalue weighted by Crippen LogP contribution is -2.39. The number of amides is 2. The highest BCUT2D eigenvalue weighted by Gasteiger charge is 2.24. The van der Waals surface area contributed by atoms with Gasteiger partial charge in [-0.2, -0.15) is 0 Å². The second-order valence-electron chi connectivity index (χ2n) is 7.65. The summed E-state index contributed by atoms with van der Waals surface area (Å²) < 4.78 is 6.82. The largest absolute Gasteiger partial charge is 0.494 e. The lowest BCUT2D eigenvalue weighted by Gasteiger charge is -2.20. The standard InChI is InChI=1S/C24H30N6O3S/c1-5-17-9-7-8-10-20(17)26-21(31)15-29(4)23(32)16(3)34-24-28-27-22(30(24)25)18-11-13-19(14-12-18)33-6-2/h7-14,16H,5-6,15,25H2,1-4H3,(H,26,31). The number of ether oxygens (including phenoxy) is 1. The number of anilines is 1. The number of aromatic nitrogens is 3. The van der Waals surface area contributed by atoms with Gasteiger partial charge in [-0.15, -0.1) is 10.2 Å². The van der Waals surface area contributed by atoms with Gasteiger partial charge in [0.15, 0.2) is 5.82 Å². The summed E-state index contributed by atoms with van der Waals surface area (Å²) in [5.41, 5.74) is 2.58. The van der Waals surface area contributed by atoms with Crippen LogP contribution in [0.2, 0.25) is 0 Å². The van der Waals surface area contributed by atoms with Crippen molar-refractivity contribution in [3.63, 3.8) is 0 Å². The van der Waals surface area contributed by atoms with E-state index in [1.165, 1.54) is 21.3 Å². The molecule has 0 aliphatic rings. The van der Waals surface area contributed by atoms with E-state index >= 15 is 0 Å². The van der Waals surface area contributed by atoms with E-state index in [0.29, 0.717) is 17.6 Å². The fourth-order valence-electron chi connectivity index (χ4n) is 3.37. The van der Waals surface area contributed by atoms with Crippen LogP contribution in [0.15, 0.2) is 53.7 Å². The smallest absolute Gasteiger partial charge is 0.243 e. The fourth-order valence-corrected chi connectivity index (χ4v) is 4.26. The highest BCUT2D eigenvalue weighted by Crippen LogP contribution is 2.26. The lowest BCUT2D eigenvalue weighted by molar-refractivity contribution is -0.132. The van der Waals surface area contributed by atoms with E-state index in [4.69, 9.17) is 10.6 Å². The van der Waals surface area contributed by atoms with Gasteiger partial charge in [-0.25, -0.2) is 4.68 Å². The van der Waals surface area contributed by atoms with E-state index in [2.05, 4.69) is 15.5 Å². The van der Waals surface area contributed by atoms with Crippen LogP contribution in [0.1, 0.15) is 26.3 Å². The molecule has 3 rings (SSSR count). The van der Waals surface area contributed by atoms with Gasteiger partial charge >= 0.3 is 0 Å². The molecule has 0 fully saturated rings. The molecule has 180 valence electrons. The summed E-state index contributed by atoms with van der Waals surface area (Å²) in [6.45, 7) is 6.22. The first-order chi connectivity index (χ1) is 16.3. The summed E-state index contributed by atoms with van der Waals surface area (Å²) >= 11 is 1.19. The summed E-state index contributed by atoms with van der Waals surface area (Å²) in [6, 6.07) is 15.0.